The van der Waals surface area contributed by atoms with E-state index in [1.165, 1.54) is 7.11 Å². The number of para-hydroxylation sites is 1. The fourth-order valence-electron chi connectivity index (χ4n) is 3.44. The molecule has 1 aliphatic rings. The molecule has 6 nitrogen and oxygen atoms in total. The van der Waals surface area contributed by atoms with Crippen LogP contribution in [0.5, 0.6) is 5.75 Å². The lowest BCUT2D eigenvalue weighted by Crippen LogP contribution is -2.51. The molecule has 0 radical (unpaired) electrons. The van der Waals surface area contributed by atoms with Crippen LogP contribution in [-0.4, -0.2) is 61.6 Å². The highest BCUT2D eigenvalue weighted by Crippen LogP contribution is 2.29. The Morgan fingerprint density at radius 3 is 2.31 bits per heavy atom. The highest BCUT2D eigenvalue weighted by molar-refractivity contribution is 6.31. The molecule has 1 heterocycles. The number of amides is 1. The van der Waals surface area contributed by atoms with Crippen LogP contribution in [0.3, 0.4) is 0 Å². The van der Waals surface area contributed by atoms with E-state index in [0.29, 0.717) is 44.2 Å². The van der Waals surface area contributed by atoms with Gasteiger partial charge in [-0.3, -0.25) is 9.69 Å². The van der Waals surface area contributed by atoms with Gasteiger partial charge in [-0.05, 0) is 23.8 Å². The van der Waals surface area contributed by atoms with E-state index in [1.54, 1.807) is 6.07 Å². The van der Waals surface area contributed by atoms with Crippen molar-refractivity contribution >= 4 is 23.5 Å². The Hall–Kier alpha value is -2.57. The van der Waals surface area contributed by atoms with Crippen molar-refractivity contribution in [2.45, 2.75) is 12.5 Å². The van der Waals surface area contributed by atoms with Crippen LogP contribution in [0.1, 0.15) is 18.0 Å². The molecular formula is C22H25ClN2O4. The van der Waals surface area contributed by atoms with Crippen LogP contribution in [0.4, 0.5) is 0 Å². The van der Waals surface area contributed by atoms with Gasteiger partial charge in [0.15, 0.2) is 0 Å². The summed E-state index contributed by atoms with van der Waals surface area (Å²) in [5, 5.41) is 0.527. The summed E-state index contributed by atoms with van der Waals surface area (Å²) >= 11 is 6.31. The number of methoxy groups -OCH3 is 1. The van der Waals surface area contributed by atoms with Crippen LogP contribution in [-0.2, 0) is 14.3 Å². The van der Waals surface area contributed by atoms with Gasteiger partial charge in [0.2, 0.25) is 5.91 Å². The van der Waals surface area contributed by atoms with Crippen LogP contribution in [0.25, 0.3) is 0 Å². The third-order valence-corrected chi connectivity index (χ3v) is 5.33. The standard InChI is InChI=1S/C22H25ClN2O4/c1-28-22(27)21(18-9-5-6-10-19(18)23)25-14-12-24(13-15-25)20(26)11-16-29-17-7-3-2-4-8-17/h2-10,21H,11-16H2,1H3. The van der Waals surface area contributed by atoms with Crippen LogP contribution < -0.4 is 4.74 Å². The lowest BCUT2D eigenvalue weighted by atomic mass is 10.0. The van der Waals surface area contributed by atoms with Gasteiger partial charge in [-0.25, -0.2) is 4.79 Å². The number of ether oxygens (including phenoxy) is 2. The second-order valence-corrected chi connectivity index (χ2v) is 7.18. The lowest BCUT2D eigenvalue weighted by Gasteiger charge is -2.38. The summed E-state index contributed by atoms with van der Waals surface area (Å²) < 4.78 is 10.6. The highest BCUT2D eigenvalue weighted by atomic mass is 35.5. The summed E-state index contributed by atoms with van der Waals surface area (Å²) in [6.07, 6.45) is 0.319. The Morgan fingerprint density at radius 1 is 1.00 bits per heavy atom. The Kier molecular flexibility index (Phi) is 7.49. The maximum Gasteiger partial charge on any atom is 0.327 e. The molecule has 1 saturated heterocycles. The van der Waals surface area contributed by atoms with E-state index in [0.717, 1.165) is 11.3 Å². The minimum absolute atomic E-state index is 0.0490. The average molecular weight is 417 g/mol. The average Bonchev–Trinajstić information content (AvgIpc) is 2.76. The van der Waals surface area contributed by atoms with Gasteiger partial charge in [-0.1, -0.05) is 48.0 Å². The first kappa shape index (κ1) is 21.1. The van der Waals surface area contributed by atoms with Crippen LogP contribution in [0.2, 0.25) is 5.02 Å². The van der Waals surface area contributed by atoms with Crippen molar-refractivity contribution in [3.05, 3.63) is 65.2 Å². The number of halogens is 1. The Morgan fingerprint density at radius 2 is 1.66 bits per heavy atom. The van der Waals surface area contributed by atoms with Gasteiger partial charge < -0.3 is 14.4 Å². The molecule has 0 aromatic heterocycles. The number of piperazine rings is 1. The predicted octanol–water partition coefficient (Wildman–Crippen LogP) is 3.17. The van der Waals surface area contributed by atoms with Gasteiger partial charge >= 0.3 is 5.97 Å². The number of carbonyl (C=O) groups excluding carboxylic acids is 2. The zero-order valence-corrected chi connectivity index (χ0v) is 17.2. The lowest BCUT2D eigenvalue weighted by molar-refractivity contribution is -0.148. The number of carbonyl (C=O) groups is 2. The molecule has 0 N–H and O–H groups in total. The monoisotopic (exact) mass is 416 g/mol. The van der Waals surface area contributed by atoms with E-state index >= 15 is 0 Å². The minimum Gasteiger partial charge on any atom is -0.493 e. The Bertz CT molecular complexity index is 823. The zero-order valence-electron chi connectivity index (χ0n) is 16.4. The second-order valence-electron chi connectivity index (χ2n) is 6.78. The molecule has 1 amide bonds. The molecule has 0 bridgehead atoms. The largest absolute Gasteiger partial charge is 0.493 e. The normalized spacial score (nSPS) is 15.6. The molecule has 1 unspecified atom stereocenters. The van der Waals surface area contributed by atoms with E-state index in [4.69, 9.17) is 21.1 Å². The molecule has 2 aromatic carbocycles. The number of esters is 1. The summed E-state index contributed by atoms with van der Waals surface area (Å²) in [5.41, 5.74) is 0.719. The Labute approximate surface area is 176 Å². The SMILES string of the molecule is COC(=O)C(c1ccccc1Cl)N1CCN(C(=O)CCOc2ccccc2)CC1. The van der Waals surface area contributed by atoms with Crippen molar-refractivity contribution in [1.82, 2.24) is 9.80 Å². The molecule has 1 fully saturated rings. The first-order valence-corrected chi connectivity index (χ1v) is 10.00. The van der Waals surface area contributed by atoms with Crippen LogP contribution in [0, 0.1) is 0 Å². The van der Waals surface area contributed by atoms with Crippen molar-refractivity contribution in [2.75, 3.05) is 39.9 Å². The number of benzene rings is 2. The number of rotatable bonds is 7. The number of hydrogen-bond acceptors (Lipinski definition) is 5. The molecule has 2 aromatic rings. The molecule has 3 rings (SSSR count). The van der Waals surface area contributed by atoms with E-state index in [-0.39, 0.29) is 11.9 Å². The van der Waals surface area contributed by atoms with Gasteiger partial charge in [0.05, 0.1) is 20.1 Å². The van der Waals surface area contributed by atoms with E-state index in [9.17, 15) is 9.59 Å². The number of hydrogen-bond donors (Lipinski definition) is 0. The van der Waals surface area contributed by atoms with E-state index in [1.807, 2.05) is 58.3 Å². The predicted molar refractivity (Wildman–Crippen MR) is 111 cm³/mol. The molecule has 0 saturated carbocycles. The third-order valence-electron chi connectivity index (χ3n) is 4.98. The summed E-state index contributed by atoms with van der Waals surface area (Å²) in [6, 6.07) is 16.1. The van der Waals surface area contributed by atoms with Gasteiger partial charge in [-0.2, -0.15) is 0 Å². The van der Waals surface area contributed by atoms with Gasteiger partial charge in [-0.15, -0.1) is 0 Å². The maximum atomic E-state index is 12.5. The first-order chi connectivity index (χ1) is 14.1. The molecule has 29 heavy (non-hydrogen) atoms. The van der Waals surface area contributed by atoms with Crippen LogP contribution >= 0.6 is 11.6 Å². The van der Waals surface area contributed by atoms with Crippen molar-refractivity contribution in [1.29, 1.82) is 0 Å². The van der Waals surface area contributed by atoms with Crippen molar-refractivity contribution < 1.29 is 19.1 Å². The van der Waals surface area contributed by atoms with Crippen molar-refractivity contribution in [3.8, 4) is 5.75 Å². The molecular weight excluding hydrogens is 392 g/mol. The molecule has 7 heteroatoms. The number of nitrogens with zero attached hydrogens (tertiary/aromatic N) is 2. The maximum absolute atomic E-state index is 12.5. The topological polar surface area (TPSA) is 59.1 Å². The second kappa shape index (κ2) is 10.3. The van der Waals surface area contributed by atoms with Gasteiger partial charge in [0.1, 0.15) is 11.8 Å². The highest BCUT2D eigenvalue weighted by Gasteiger charge is 2.33. The first-order valence-electron chi connectivity index (χ1n) is 9.62. The van der Waals surface area contributed by atoms with Crippen molar-refractivity contribution in [2.24, 2.45) is 0 Å². The minimum atomic E-state index is -0.577. The Balaban J connectivity index is 1.54. The summed E-state index contributed by atoms with van der Waals surface area (Å²) in [4.78, 5) is 28.8. The van der Waals surface area contributed by atoms with E-state index < -0.39 is 6.04 Å². The molecule has 0 aliphatic carbocycles. The molecule has 1 aliphatic heterocycles. The smallest absolute Gasteiger partial charge is 0.327 e. The zero-order chi connectivity index (χ0) is 20.6. The quantitative estimate of drug-likeness (QED) is 0.649. The van der Waals surface area contributed by atoms with E-state index in [2.05, 4.69) is 0 Å². The van der Waals surface area contributed by atoms with Gasteiger partial charge in [0, 0.05) is 31.2 Å². The summed E-state index contributed by atoms with van der Waals surface area (Å²) in [5.74, 6) is 0.452. The third kappa shape index (κ3) is 5.49. The fraction of sp³-hybridized carbons (Fsp3) is 0.364. The van der Waals surface area contributed by atoms with Crippen LogP contribution in [0.15, 0.2) is 54.6 Å². The van der Waals surface area contributed by atoms with Crippen molar-refractivity contribution in [3.63, 3.8) is 0 Å². The fourth-order valence-corrected chi connectivity index (χ4v) is 3.68. The summed E-state index contributed by atoms with van der Waals surface area (Å²) in [7, 11) is 1.37. The summed E-state index contributed by atoms with van der Waals surface area (Å²) in [6.45, 7) is 2.56. The van der Waals surface area contributed by atoms with Gasteiger partial charge in [0.25, 0.3) is 0 Å². The molecule has 1 atom stereocenters. The molecule has 154 valence electrons. The molecule has 0 spiro atoms.